The number of rotatable bonds is 6. The molecule has 1 aliphatic heterocycles. The summed E-state index contributed by atoms with van der Waals surface area (Å²) in [7, 11) is -3.17. The Morgan fingerprint density at radius 2 is 1.81 bits per heavy atom. The third kappa shape index (κ3) is 5.92. The standard InChI is InChI=1S/C14H27N3O3S/c1-21(19,20)15-10-13-8-4-5-9-17(13)11-14(18)16-12-6-2-3-7-12/h12-13,15H,2-11H2,1H3,(H,16,18)/t13-/m1/s1. The Kier molecular flexibility index (Phi) is 6.01. The number of hydrogen-bond donors (Lipinski definition) is 2. The first kappa shape index (κ1) is 16.7. The number of likely N-dealkylation sites (tertiary alicyclic amines) is 1. The van der Waals surface area contributed by atoms with Crippen LogP contribution in [-0.4, -0.2) is 57.2 Å². The number of nitrogens with zero attached hydrogens (tertiary/aromatic N) is 1. The molecule has 0 aromatic carbocycles. The quantitative estimate of drug-likeness (QED) is 0.745. The van der Waals surface area contributed by atoms with Crippen molar-refractivity contribution in [2.45, 2.75) is 57.0 Å². The highest BCUT2D eigenvalue weighted by molar-refractivity contribution is 7.88. The van der Waals surface area contributed by atoms with E-state index in [9.17, 15) is 13.2 Å². The fraction of sp³-hybridized carbons (Fsp3) is 0.929. The lowest BCUT2D eigenvalue weighted by molar-refractivity contribution is -0.123. The molecule has 1 saturated heterocycles. The molecule has 1 heterocycles. The monoisotopic (exact) mass is 317 g/mol. The lowest BCUT2D eigenvalue weighted by Crippen LogP contribution is -2.50. The smallest absolute Gasteiger partial charge is 0.234 e. The number of sulfonamides is 1. The van der Waals surface area contributed by atoms with Crippen molar-refractivity contribution in [2.75, 3.05) is 25.9 Å². The molecule has 1 saturated carbocycles. The van der Waals surface area contributed by atoms with E-state index in [4.69, 9.17) is 0 Å². The lowest BCUT2D eigenvalue weighted by atomic mass is 10.0. The van der Waals surface area contributed by atoms with Gasteiger partial charge >= 0.3 is 0 Å². The van der Waals surface area contributed by atoms with Gasteiger partial charge in [-0.05, 0) is 32.2 Å². The van der Waals surface area contributed by atoms with Gasteiger partial charge in [0.1, 0.15) is 0 Å². The van der Waals surface area contributed by atoms with Crippen molar-refractivity contribution in [2.24, 2.45) is 0 Å². The summed E-state index contributed by atoms with van der Waals surface area (Å²) in [5.74, 6) is 0.0770. The van der Waals surface area contributed by atoms with Gasteiger partial charge in [-0.2, -0.15) is 0 Å². The largest absolute Gasteiger partial charge is 0.352 e. The maximum absolute atomic E-state index is 12.1. The van der Waals surface area contributed by atoms with Crippen LogP contribution in [0.3, 0.4) is 0 Å². The highest BCUT2D eigenvalue weighted by Crippen LogP contribution is 2.19. The molecule has 0 aromatic heterocycles. The van der Waals surface area contributed by atoms with E-state index in [1.807, 2.05) is 0 Å². The molecule has 0 spiro atoms. The van der Waals surface area contributed by atoms with Gasteiger partial charge in [0.25, 0.3) is 0 Å². The average Bonchev–Trinajstić information content (AvgIpc) is 2.89. The Hall–Kier alpha value is -0.660. The summed E-state index contributed by atoms with van der Waals surface area (Å²) < 4.78 is 25.0. The van der Waals surface area contributed by atoms with Crippen molar-refractivity contribution in [1.82, 2.24) is 14.9 Å². The Balaban J connectivity index is 1.81. The zero-order valence-corrected chi connectivity index (χ0v) is 13.6. The van der Waals surface area contributed by atoms with Crippen molar-refractivity contribution < 1.29 is 13.2 Å². The van der Waals surface area contributed by atoms with Crippen LogP contribution in [0.5, 0.6) is 0 Å². The number of piperidine rings is 1. The van der Waals surface area contributed by atoms with Gasteiger partial charge in [-0.25, -0.2) is 13.1 Å². The summed E-state index contributed by atoms with van der Waals surface area (Å²) in [6.07, 6.45) is 8.87. The van der Waals surface area contributed by atoms with E-state index in [-0.39, 0.29) is 11.9 Å². The zero-order chi connectivity index (χ0) is 15.3. The van der Waals surface area contributed by atoms with Crippen molar-refractivity contribution in [3.05, 3.63) is 0 Å². The molecule has 1 atom stereocenters. The molecule has 2 fully saturated rings. The van der Waals surface area contributed by atoms with Crippen LogP contribution in [0.15, 0.2) is 0 Å². The fourth-order valence-electron chi connectivity index (χ4n) is 3.27. The predicted molar refractivity (Wildman–Crippen MR) is 82.5 cm³/mol. The van der Waals surface area contributed by atoms with Gasteiger partial charge in [0, 0.05) is 18.6 Å². The Morgan fingerprint density at radius 1 is 1.14 bits per heavy atom. The Labute approximate surface area is 127 Å². The maximum atomic E-state index is 12.1. The van der Waals surface area contributed by atoms with E-state index in [2.05, 4.69) is 14.9 Å². The molecule has 0 bridgehead atoms. The highest BCUT2D eigenvalue weighted by atomic mass is 32.2. The SMILES string of the molecule is CS(=O)(=O)NC[C@H]1CCCCN1CC(=O)NC1CCCC1. The molecule has 0 unspecified atom stereocenters. The molecule has 2 N–H and O–H groups in total. The van der Waals surface area contributed by atoms with E-state index in [0.29, 0.717) is 19.1 Å². The maximum Gasteiger partial charge on any atom is 0.234 e. The predicted octanol–water partition coefficient (Wildman–Crippen LogP) is 0.449. The number of hydrogen-bond acceptors (Lipinski definition) is 4. The van der Waals surface area contributed by atoms with Gasteiger partial charge < -0.3 is 5.32 Å². The zero-order valence-electron chi connectivity index (χ0n) is 12.8. The third-order valence-corrected chi connectivity index (χ3v) is 5.09. The van der Waals surface area contributed by atoms with Gasteiger partial charge in [-0.3, -0.25) is 9.69 Å². The van der Waals surface area contributed by atoms with Crippen molar-refractivity contribution >= 4 is 15.9 Å². The summed E-state index contributed by atoms with van der Waals surface area (Å²) in [6, 6.07) is 0.470. The molecule has 1 amide bonds. The Bertz CT molecular complexity index is 446. The van der Waals surface area contributed by atoms with E-state index >= 15 is 0 Å². The van der Waals surface area contributed by atoms with Crippen LogP contribution in [0.25, 0.3) is 0 Å². The number of carbonyl (C=O) groups is 1. The molecule has 2 aliphatic rings. The second kappa shape index (κ2) is 7.56. The first-order valence-electron chi connectivity index (χ1n) is 7.92. The fourth-order valence-corrected chi connectivity index (χ4v) is 3.77. The van der Waals surface area contributed by atoms with Crippen LogP contribution < -0.4 is 10.0 Å². The second-order valence-electron chi connectivity index (χ2n) is 6.29. The molecule has 0 aromatic rings. The first-order valence-corrected chi connectivity index (χ1v) is 9.81. The molecular weight excluding hydrogens is 290 g/mol. The third-order valence-electron chi connectivity index (χ3n) is 4.40. The average molecular weight is 317 g/mol. The van der Waals surface area contributed by atoms with Crippen LogP contribution in [-0.2, 0) is 14.8 Å². The van der Waals surface area contributed by atoms with E-state index in [1.165, 1.54) is 19.1 Å². The van der Waals surface area contributed by atoms with E-state index in [1.54, 1.807) is 0 Å². The summed E-state index contributed by atoms with van der Waals surface area (Å²) in [5, 5.41) is 3.10. The minimum Gasteiger partial charge on any atom is -0.352 e. The molecule has 7 heteroatoms. The molecular formula is C14H27N3O3S. The summed E-state index contributed by atoms with van der Waals surface area (Å²) in [4.78, 5) is 14.2. The summed E-state index contributed by atoms with van der Waals surface area (Å²) in [6.45, 7) is 1.65. The van der Waals surface area contributed by atoms with Crippen LogP contribution >= 0.6 is 0 Å². The second-order valence-corrected chi connectivity index (χ2v) is 8.12. The normalized spacial score (nSPS) is 25.1. The van der Waals surface area contributed by atoms with Gasteiger partial charge in [0.2, 0.25) is 15.9 Å². The van der Waals surface area contributed by atoms with Crippen LogP contribution in [0.4, 0.5) is 0 Å². The summed E-state index contributed by atoms with van der Waals surface area (Å²) >= 11 is 0. The lowest BCUT2D eigenvalue weighted by Gasteiger charge is -2.35. The topological polar surface area (TPSA) is 78.5 Å². The molecule has 21 heavy (non-hydrogen) atoms. The van der Waals surface area contributed by atoms with E-state index < -0.39 is 10.0 Å². The first-order chi connectivity index (χ1) is 9.94. The minimum atomic E-state index is -3.17. The minimum absolute atomic E-state index is 0.0770. The van der Waals surface area contributed by atoms with E-state index in [0.717, 1.165) is 38.6 Å². The van der Waals surface area contributed by atoms with Crippen molar-refractivity contribution in [3.8, 4) is 0 Å². The van der Waals surface area contributed by atoms with Crippen molar-refractivity contribution in [1.29, 1.82) is 0 Å². The molecule has 122 valence electrons. The van der Waals surface area contributed by atoms with Gasteiger partial charge in [0.05, 0.1) is 12.8 Å². The van der Waals surface area contributed by atoms with Crippen LogP contribution in [0, 0.1) is 0 Å². The van der Waals surface area contributed by atoms with Gasteiger partial charge in [-0.15, -0.1) is 0 Å². The molecule has 0 radical (unpaired) electrons. The van der Waals surface area contributed by atoms with Gasteiger partial charge in [-0.1, -0.05) is 19.3 Å². The van der Waals surface area contributed by atoms with Crippen LogP contribution in [0.2, 0.25) is 0 Å². The van der Waals surface area contributed by atoms with Crippen LogP contribution in [0.1, 0.15) is 44.9 Å². The molecule has 2 rings (SSSR count). The molecule has 1 aliphatic carbocycles. The summed E-state index contributed by atoms with van der Waals surface area (Å²) in [5.41, 5.74) is 0. The highest BCUT2D eigenvalue weighted by Gasteiger charge is 2.26. The number of nitrogens with one attached hydrogen (secondary N) is 2. The number of carbonyl (C=O) groups excluding carboxylic acids is 1. The number of amides is 1. The van der Waals surface area contributed by atoms with Crippen molar-refractivity contribution in [3.63, 3.8) is 0 Å². The Morgan fingerprint density at radius 3 is 2.48 bits per heavy atom. The molecule has 6 nitrogen and oxygen atoms in total. The van der Waals surface area contributed by atoms with Gasteiger partial charge in [0.15, 0.2) is 0 Å².